The van der Waals surface area contributed by atoms with Gasteiger partial charge in [-0.2, -0.15) is 0 Å². The Labute approximate surface area is 139 Å². The van der Waals surface area contributed by atoms with E-state index in [2.05, 4.69) is 45.1 Å². The largest absolute Gasteiger partial charge is 0.338 e. The van der Waals surface area contributed by atoms with E-state index in [0.29, 0.717) is 11.9 Å². The molecule has 21 heavy (non-hydrogen) atoms. The molecule has 2 aliphatic rings. The first-order chi connectivity index (χ1) is 10.3. The lowest BCUT2D eigenvalue weighted by Crippen LogP contribution is -2.45. The Morgan fingerprint density at radius 2 is 2.00 bits per heavy atom. The molecule has 1 atom stereocenters. The lowest BCUT2D eigenvalue weighted by molar-refractivity contribution is -0.135. The van der Waals surface area contributed by atoms with E-state index in [1.807, 2.05) is 11.8 Å². The summed E-state index contributed by atoms with van der Waals surface area (Å²) in [6, 6.07) is 8.85. The number of amides is 1. The SMILES string of the molecule is O=C(C1CSc2ccccc21)N(CCBr)C1CCCCC1. The molecule has 0 N–H and O–H groups in total. The zero-order valence-electron chi connectivity index (χ0n) is 12.3. The quantitative estimate of drug-likeness (QED) is 0.733. The van der Waals surface area contributed by atoms with Gasteiger partial charge in [0.05, 0.1) is 5.92 Å². The molecule has 3 rings (SSSR count). The first kappa shape index (κ1) is 15.4. The summed E-state index contributed by atoms with van der Waals surface area (Å²) >= 11 is 5.35. The Bertz CT molecular complexity index is 501. The van der Waals surface area contributed by atoms with Gasteiger partial charge in [0.25, 0.3) is 0 Å². The van der Waals surface area contributed by atoms with Crippen LogP contribution in [0.3, 0.4) is 0 Å². The minimum absolute atomic E-state index is 0.0622. The lowest BCUT2D eigenvalue weighted by atomic mass is 9.92. The van der Waals surface area contributed by atoms with E-state index in [-0.39, 0.29) is 5.92 Å². The summed E-state index contributed by atoms with van der Waals surface area (Å²) in [5.74, 6) is 1.31. The highest BCUT2D eigenvalue weighted by atomic mass is 79.9. The summed E-state index contributed by atoms with van der Waals surface area (Å²) in [5, 5.41) is 0.872. The predicted molar refractivity (Wildman–Crippen MR) is 92.3 cm³/mol. The van der Waals surface area contributed by atoms with Gasteiger partial charge >= 0.3 is 0 Å². The van der Waals surface area contributed by atoms with Gasteiger partial charge in [0, 0.05) is 28.6 Å². The van der Waals surface area contributed by atoms with E-state index in [4.69, 9.17) is 0 Å². The number of hydrogen-bond acceptors (Lipinski definition) is 2. The van der Waals surface area contributed by atoms with Crippen LogP contribution >= 0.6 is 27.7 Å². The monoisotopic (exact) mass is 367 g/mol. The summed E-state index contributed by atoms with van der Waals surface area (Å²) in [6.07, 6.45) is 6.23. The molecular formula is C17H22BrNOS. The number of fused-ring (bicyclic) bond motifs is 1. The van der Waals surface area contributed by atoms with E-state index in [9.17, 15) is 4.79 Å². The van der Waals surface area contributed by atoms with Crippen molar-refractivity contribution >= 4 is 33.6 Å². The maximum Gasteiger partial charge on any atom is 0.231 e. The molecule has 4 heteroatoms. The first-order valence-corrected chi connectivity index (χ1v) is 10.00. The molecule has 114 valence electrons. The van der Waals surface area contributed by atoms with Crippen LogP contribution in [-0.2, 0) is 4.79 Å². The normalized spacial score (nSPS) is 22.0. The van der Waals surface area contributed by atoms with E-state index in [1.54, 1.807) is 0 Å². The number of rotatable bonds is 4. The fourth-order valence-corrected chi connectivity index (χ4v) is 5.13. The molecule has 1 aromatic carbocycles. The predicted octanol–water partition coefficient (Wildman–Crippen LogP) is 4.43. The second-order valence-corrected chi connectivity index (χ2v) is 7.77. The van der Waals surface area contributed by atoms with Crippen molar-refractivity contribution in [2.45, 2.75) is 49.0 Å². The summed E-state index contributed by atoms with van der Waals surface area (Å²) in [4.78, 5) is 16.5. The van der Waals surface area contributed by atoms with Crippen LogP contribution in [0, 0.1) is 0 Å². The molecule has 0 saturated heterocycles. The third-order valence-corrected chi connectivity index (χ3v) is 6.16. The molecule has 0 bridgehead atoms. The maximum absolute atomic E-state index is 13.1. The number of halogens is 1. The molecule has 1 saturated carbocycles. The van der Waals surface area contributed by atoms with Crippen molar-refractivity contribution < 1.29 is 4.79 Å². The van der Waals surface area contributed by atoms with Crippen LogP contribution in [0.15, 0.2) is 29.2 Å². The molecule has 2 nitrogen and oxygen atoms in total. The van der Waals surface area contributed by atoms with Crippen LogP contribution in [0.5, 0.6) is 0 Å². The number of hydrogen-bond donors (Lipinski definition) is 0. The number of benzene rings is 1. The van der Waals surface area contributed by atoms with Gasteiger partial charge in [-0.3, -0.25) is 4.79 Å². The number of carbonyl (C=O) groups is 1. The smallest absolute Gasteiger partial charge is 0.231 e. The molecule has 0 aromatic heterocycles. The number of thioether (sulfide) groups is 1. The third kappa shape index (κ3) is 3.31. The van der Waals surface area contributed by atoms with Crippen molar-refractivity contribution in [2.24, 2.45) is 0 Å². The van der Waals surface area contributed by atoms with Gasteiger partial charge < -0.3 is 4.90 Å². The molecule has 0 radical (unpaired) electrons. The van der Waals surface area contributed by atoms with Crippen molar-refractivity contribution in [3.8, 4) is 0 Å². The van der Waals surface area contributed by atoms with Gasteiger partial charge in [0.15, 0.2) is 0 Å². The topological polar surface area (TPSA) is 20.3 Å². The van der Waals surface area contributed by atoms with Crippen LogP contribution in [0.25, 0.3) is 0 Å². The van der Waals surface area contributed by atoms with Crippen molar-refractivity contribution in [3.63, 3.8) is 0 Å². The van der Waals surface area contributed by atoms with Crippen molar-refractivity contribution in [3.05, 3.63) is 29.8 Å². The molecule has 0 spiro atoms. The zero-order chi connectivity index (χ0) is 14.7. The fraction of sp³-hybridized carbons (Fsp3) is 0.588. The third-order valence-electron chi connectivity index (χ3n) is 4.62. The Morgan fingerprint density at radius 3 is 2.76 bits per heavy atom. The molecule has 1 heterocycles. The fourth-order valence-electron chi connectivity index (χ4n) is 3.52. The van der Waals surface area contributed by atoms with Gasteiger partial charge in [0.2, 0.25) is 5.91 Å². The molecule has 1 amide bonds. The second-order valence-electron chi connectivity index (χ2n) is 5.91. The molecule has 1 aliphatic carbocycles. The number of nitrogens with zero attached hydrogens (tertiary/aromatic N) is 1. The summed E-state index contributed by atoms with van der Waals surface area (Å²) < 4.78 is 0. The highest BCUT2D eigenvalue weighted by Crippen LogP contribution is 2.41. The summed E-state index contributed by atoms with van der Waals surface area (Å²) in [7, 11) is 0. The van der Waals surface area contributed by atoms with Crippen LogP contribution in [0.4, 0.5) is 0 Å². The Hall–Kier alpha value is -0.480. The Kier molecular flexibility index (Phi) is 5.28. The van der Waals surface area contributed by atoms with Gasteiger partial charge in [-0.05, 0) is 24.5 Å². The molecule has 1 aromatic rings. The van der Waals surface area contributed by atoms with Gasteiger partial charge in [-0.25, -0.2) is 0 Å². The standard InChI is InChI=1S/C17H22BrNOS/c18-10-11-19(13-6-2-1-3-7-13)17(20)15-12-21-16-9-5-4-8-14(15)16/h4-5,8-9,13,15H,1-3,6-7,10-12H2. The number of alkyl halides is 1. The van der Waals surface area contributed by atoms with Crippen molar-refractivity contribution in [2.75, 3.05) is 17.6 Å². The van der Waals surface area contributed by atoms with E-state index in [1.165, 1.54) is 42.6 Å². The van der Waals surface area contributed by atoms with E-state index in [0.717, 1.165) is 17.6 Å². The van der Waals surface area contributed by atoms with Crippen LogP contribution in [0.1, 0.15) is 43.6 Å². The maximum atomic E-state index is 13.1. The molecule has 1 fully saturated rings. The second kappa shape index (κ2) is 7.19. The molecule has 1 aliphatic heterocycles. The van der Waals surface area contributed by atoms with Gasteiger partial charge in [0.1, 0.15) is 0 Å². The average molecular weight is 368 g/mol. The first-order valence-electron chi connectivity index (χ1n) is 7.89. The summed E-state index contributed by atoms with van der Waals surface area (Å²) in [5.41, 5.74) is 1.24. The minimum atomic E-state index is 0.0622. The average Bonchev–Trinajstić information content (AvgIpc) is 2.97. The van der Waals surface area contributed by atoms with Crippen molar-refractivity contribution in [1.82, 2.24) is 4.90 Å². The Balaban J connectivity index is 1.78. The van der Waals surface area contributed by atoms with Gasteiger partial charge in [-0.1, -0.05) is 53.4 Å². The minimum Gasteiger partial charge on any atom is -0.338 e. The molecule has 1 unspecified atom stereocenters. The van der Waals surface area contributed by atoms with E-state index >= 15 is 0 Å². The highest BCUT2D eigenvalue weighted by Gasteiger charge is 2.35. The summed E-state index contributed by atoms with van der Waals surface area (Å²) in [6.45, 7) is 0.840. The lowest BCUT2D eigenvalue weighted by Gasteiger charge is -2.35. The van der Waals surface area contributed by atoms with Crippen LogP contribution in [-0.4, -0.2) is 34.5 Å². The Morgan fingerprint density at radius 1 is 1.24 bits per heavy atom. The zero-order valence-corrected chi connectivity index (χ0v) is 14.7. The van der Waals surface area contributed by atoms with E-state index < -0.39 is 0 Å². The number of carbonyl (C=O) groups excluding carboxylic acids is 1. The van der Waals surface area contributed by atoms with Crippen LogP contribution in [0.2, 0.25) is 0 Å². The highest BCUT2D eigenvalue weighted by molar-refractivity contribution is 9.09. The van der Waals surface area contributed by atoms with Crippen LogP contribution < -0.4 is 0 Å². The van der Waals surface area contributed by atoms with Crippen molar-refractivity contribution in [1.29, 1.82) is 0 Å². The van der Waals surface area contributed by atoms with Gasteiger partial charge in [-0.15, -0.1) is 11.8 Å². The molecular weight excluding hydrogens is 346 g/mol.